The molecule has 0 bridgehead atoms. The minimum atomic E-state index is -0.0698. The van der Waals surface area contributed by atoms with Crippen LogP contribution in [-0.4, -0.2) is 20.5 Å². The van der Waals surface area contributed by atoms with Gasteiger partial charge in [0, 0.05) is 18.4 Å². The molecular formula is C13H15N3O. The van der Waals surface area contributed by atoms with E-state index in [0.717, 1.165) is 18.7 Å². The number of ketones is 1. The van der Waals surface area contributed by atoms with Gasteiger partial charge < -0.3 is 0 Å². The number of aryl methyl sites for hydroxylation is 2. The maximum atomic E-state index is 12.2. The summed E-state index contributed by atoms with van der Waals surface area (Å²) in [6.07, 6.45) is 2.60. The molecule has 2 rings (SSSR count). The van der Waals surface area contributed by atoms with Gasteiger partial charge in [-0.05, 0) is 31.5 Å². The third kappa shape index (κ3) is 2.41. The second kappa shape index (κ2) is 4.91. The third-order valence-electron chi connectivity index (χ3n) is 2.51. The Morgan fingerprint density at radius 3 is 2.88 bits per heavy atom. The molecule has 0 unspecified atom stereocenters. The molecule has 0 saturated carbocycles. The summed E-state index contributed by atoms with van der Waals surface area (Å²) in [5.74, 6) is -0.0698. The highest BCUT2D eigenvalue weighted by Gasteiger charge is 2.15. The van der Waals surface area contributed by atoms with Gasteiger partial charge in [0.15, 0.2) is 0 Å². The zero-order chi connectivity index (χ0) is 12.3. The zero-order valence-corrected chi connectivity index (χ0v) is 10.1. The van der Waals surface area contributed by atoms with Crippen LogP contribution >= 0.6 is 0 Å². The van der Waals surface area contributed by atoms with Crippen LogP contribution in [0.15, 0.2) is 30.5 Å². The summed E-state index contributed by atoms with van der Waals surface area (Å²) < 4.78 is 1.73. The first-order valence-electron chi connectivity index (χ1n) is 5.72. The molecule has 4 heteroatoms. The molecule has 88 valence electrons. The summed E-state index contributed by atoms with van der Waals surface area (Å²) in [4.78, 5) is 16.5. The van der Waals surface area contributed by atoms with Crippen molar-refractivity contribution >= 4 is 5.78 Å². The van der Waals surface area contributed by atoms with Crippen molar-refractivity contribution < 1.29 is 4.79 Å². The Balaban J connectivity index is 2.33. The van der Waals surface area contributed by atoms with E-state index in [4.69, 9.17) is 0 Å². The molecule has 0 atom stereocenters. The van der Waals surface area contributed by atoms with Crippen molar-refractivity contribution in [2.45, 2.75) is 26.8 Å². The number of rotatable bonds is 4. The van der Waals surface area contributed by atoms with Gasteiger partial charge in [0.1, 0.15) is 11.4 Å². The van der Waals surface area contributed by atoms with Crippen molar-refractivity contribution in [1.29, 1.82) is 0 Å². The van der Waals surface area contributed by atoms with Crippen molar-refractivity contribution in [2.75, 3.05) is 0 Å². The maximum Gasteiger partial charge on any atom is 0.229 e. The molecular weight excluding hydrogens is 214 g/mol. The lowest BCUT2D eigenvalue weighted by Gasteiger charge is -2.05. The molecule has 0 aliphatic heterocycles. The molecule has 2 aromatic heterocycles. The Morgan fingerprint density at radius 2 is 2.18 bits per heavy atom. The molecule has 0 N–H and O–H groups in total. The summed E-state index contributed by atoms with van der Waals surface area (Å²) in [7, 11) is 0. The van der Waals surface area contributed by atoms with E-state index < -0.39 is 0 Å². The van der Waals surface area contributed by atoms with Crippen molar-refractivity contribution in [3.05, 3.63) is 47.5 Å². The number of carbonyl (C=O) groups excluding carboxylic acids is 1. The average Bonchev–Trinajstić information content (AvgIpc) is 2.77. The third-order valence-corrected chi connectivity index (χ3v) is 2.51. The Morgan fingerprint density at radius 1 is 1.35 bits per heavy atom. The smallest absolute Gasteiger partial charge is 0.229 e. The Bertz CT molecular complexity index is 531. The number of pyridine rings is 1. The van der Waals surface area contributed by atoms with Crippen LogP contribution in [-0.2, 0) is 6.54 Å². The van der Waals surface area contributed by atoms with Gasteiger partial charge in [0.2, 0.25) is 5.78 Å². The van der Waals surface area contributed by atoms with E-state index in [1.54, 1.807) is 23.0 Å². The van der Waals surface area contributed by atoms with Gasteiger partial charge in [0.05, 0.1) is 0 Å². The van der Waals surface area contributed by atoms with Crippen molar-refractivity contribution in [1.82, 2.24) is 14.8 Å². The van der Waals surface area contributed by atoms with Crippen LogP contribution in [0.25, 0.3) is 0 Å². The molecule has 2 heterocycles. The molecule has 0 aromatic carbocycles. The summed E-state index contributed by atoms with van der Waals surface area (Å²) >= 11 is 0. The lowest BCUT2D eigenvalue weighted by Crippen LogP contribution is -2.12. The predicted octanol–water partition coefficient (Wildman–Crippen LogP) is 2.23. The van der Waals surface area contributed by atoms with E-state index in [0.29, 0.717) is 11.4 Å². The lowest BCUT2D eigenvalue weighted by molar-refractivity contribution is 0.102. The second-order valence-corrected chi connectivity index (χ2v) is 3.93. The molecule has 17 heavy (non-hydrogen) atoms. The SMILES string of the molecule is CCCn1nccc1C(=O)c1cccc(C)n1. The molecule has 0 spiro atoms. The molecule has 0 aliphatic carbocycles. The largest absolute Gasteiger partial charge is 0.285 e. The van der Waals surface area contributed by atoms with Crippen LogP contribution in [0.5, 0.6) is 0 Å². The number of aromatic nitrogens is 3. The monoisotopic (exact) mass is 229 g/mol. The van der Waals surface area contributed by atoms with Crippen LogP contribution < -0.4 is 0 Å². The highest BCUT2D eigenvalue weighted by molar-refractivity contribution is 6.06. The van der Waals surface area contributed by atoms with E-state index in [1.165, 1.54) is 0 Å². The average molecular weight is 229 g/mol. The highest BCUT2D eigenvalue weighted by atomic mass is 16.1. The molecule has 0 radical (unpaired) electrons. The molecule has 4 nitrogen and oxygen atoms in total. The van der Waals surface area contributed by atoms with E-state index in [9.17, 15) is 4.79 Å². The van der Waals surface area contributed by atoms with Crippen LogP contribution in [0.4, 0.5) is 0 Å². The number of carbonyl (C=O) groups is 1. The molecule has 0 saturated heterocycles. The van der Waals surface area contributed by atoms with Crippen LogP contribution in [0.1, 0.15) is 35.2 Å². The lowest BCUT2D eigenvalue weighted by atomic mass is 10.2. The van der Waals surface area contributed by atoms with Crippen LogP contribution in [0, 0.1) is 6.92 Å². The normalized spacial score (nSPS) is 10.5. The van der Waals surface area contributed by atoms with Gasteiger partial charge in [-0.2, -0.15) is 5.10 Å². The molecule has 0 amide bonds. The fourth-order valence-electron chi connectivity index (χ4n) is 1.72. The van der Waals surface area contributed by atoms with E-state index in [-0.39, 0.29) is 5.78 Å². The second-order valence-electron chi connectivity index (χ2n) is 3.93. The minimum Gasteiger partial charge on any atom is -0.285 e. The van der Waals surface area contributed by atoms with E-state index in [1.807, 2.05) is 19.1 Å². The maximum absolute atomic E-state index is 12.2. The van der Waals surface area contributed by atoms with E-state index in [2.05, 4.69) is 17.0 Å². The van der Waals surface area contributed by atoms with Gasteiger partial charge in [-0.3, -0.25) is 9.48 Å². The predicted molar refractivity (Wildman–Crippen MR) is 64.9 cm³/mol. The number of hydrogen-bond acceptors (Lipinski definition) is 3. The number of hydrogen-bond donors (Lipinski definition) is 0. The fraction of sp³-hybridized carbons (Fsp3) is 0.308. The Hall–Kier alpha value is -1.97. The quantitative estimate of drug-likeness (QED) is 0.755. The minimum absolute atomic E-state index is 0.0698. The first-order valence-corrected chi connectivity index (χ1v) is 5.72. The van der Waals surface area contributed by atoms with E-state index >= 15 is 0 Å². The summed E-state index contributed by atoms with van der Waals surface area (Å²) in [5, 5.41) is 4.14. The molecule has 0 fully saturated rings. The summed E-state index contributed by atoms with van der Waals surface area (Å²) in [6, 6.07) is 7.19. The highest BCUT2D eigenvalue weighted by Crippen LogP contribution is 2.08. The Kier molecular flexibility index (Phi) is 3.32. The van der Waals surface area contributed by atoms with Gasteiger partial charge in [0.25, 0.3) is 0 Å². The zero-order valence-electron chi connectivity index (χ0n) is 10.1. The van der Waals surface area contributed by atoms with Crippen molar-refractivity contribution in [3.63, 3.8) is 0 Å². The van der Waals surface area contributed by atoms with Crippen molar-refractivity contribution in [3.8, 4) is 0 Å². The van der Waals surface area contributed by atoms with Gasteiger partial charge >= 0.3 is 0 Å². The number of nitrogens with zero attached hydrogens (tertiary/aromatic N) is 3. The fourth-order valence-corrected chi connectivity index (χ4v) is 1.72. The first-order chi connectivity index (χ1) is 8.22. The standard InChI is InChI=1S/C13H15N3O/c1-3-9-16-12(7-8-14-16)13(17)11-6-4-5-10(2)15-11/h4-8H,3,9H2,1-2H3. The molecule has 2 aromatic rings. The summed E-state index contributed by atoms with van der Waals surface area (Å²) in [6.45, 7) is 4.68. The van der Waals surface area contributed by atoms with Crippen LogP contribution in [0.3, 0.4) is 0 Å². The Labute approximate surface area is 100 Å². The van der Waals surface area contributed by atoms with Crippen LogP contribution in [0.2, 0.25) is 0 Å². The molecule has 0 aliphatic rings. The first kappa shape index (κ1) is 11.5. The van der Waals surface area contributed by atoms with Gasteiger partial charge in [-0.15, -0.1) is 0 Å². The topological polar surface area (TPSA) is 47.8 Å². The summed E-state index contributed by atoms with van der Waals surface area (Å²) in [5.41, 5.74) is 1.92. The van der Waals surface area contributed by atoms with Gasteiger partial charge in [-0.1, -0.05) is 13.0 Å². The van der Waals surface area contributed by atoms with Gasteiger partial charge in [-0.25, -0.2) is 4.98 Å². The van der Waals surface area contributed by atoms with Crippen molar-refractivity contribution in [2.24, 2.45) is 0 Å².